The smallest absolute Gasteiger partial charge is 0.252 e. The molecule has 0 aliphatic rings. The van der Waals surface area contributed by atoms with E-state index >= 15 is 0 Å². The van der Waals surface area contributed by atoms with Gasteiger partial charge < -0.3 is 5.32 Å². The van der Waals surface area contributed by atoms with E-state index in [0.717, 1.165) is 22.9 Å². The van der Waals surface area contributed by atoms with E-state index in [2.05, 4.69) is 5.32 Å². The summed E-state index contributed by atoms with van der Waals surface area (Å²) in [5.74, 6) is -0.573. The number of sulfone groups is 1. The number of hydrogen-bond donors (Lipinski definition) is 1. The minimum absolute atomic E-state index is 0.207. The average Bonchev–Trinajstić information content (AvgIpc) is 2.73. The highest BCUT2D eigenvalue weighted by molar-refractivity contribution is 7.90. The Labute approximate surface area is 176 Å². The first-order valence-corrected chi connectivity index (χ1v) is 11.3. The molecule has 1 N–H and O–H groups in total. The third-order valence-electron chi connectivity index (χ3n) is 4.99. The molecular formula is C24H23NO4S. The van der Waals surface area contributed by atoms with Crippen LogP contribution >= 0.6 is 0 Å². The zero-order valence-electron chi connectivity index (χ0n) is 17.1. The summed E-state index contributed by atoms with van der Waals surface area (Å²) in [6.07, 6.45) is 1.15. The minimum Gasteiger partial charge on any atom is -0.348 e. The lowest BCUT2D eigenvalue weighted by Crippen LogP contribution is -2.25. The lowest BCUT2D eigenvalue weighted by Gasteiger charge is -2.11. The summed E-state index contributed by atoms with van der Waals surface area (Å²) in [5, 5.41) is 2.80. The maximum Gasteiger partial charge on any atom is 0.252 e. The van der Waals surface area contributed by atoms with Crippen molar-refractivity contribution >= 4 is 21.5 Å². The van der Waals surface area contributed by atoms with Crippen LogP contribution in [0.2, 0.25) is 0 Å². The standard InChI is InChI=1S/C24H23NO4S/c1-16-8-11-19(14-17(16)2)23(26)21-6-4-5-7-22(21)24(27)25-15-18-9-12-20(13-10-18)30(3,28)29/h4-14H,15H2,1-3H3,(H,25,27). The maximum atomic E-state index is 13.0. The van der Waals surface area contributed by atoms with Crippen LogP contribution in [-0.4, -0.2) is 26.4 Å². The quantitative estimate of drug-likeness (QED) is 0.613. The van der Waals surface area contributed by atoms with Crippen LogP contribution in [0.25, 0.3) is 0 Å². The van der Waals surface area contributed by atoms with Crippen molar-refractivity contribution < 1.29 is 18.0 Å². The van der Waals surface area contributed by atoms with Crippen LogP contribution in [0.4, 0.5) is 0 Å². The molecule has 0 saturated carbocycles. The lowest BCUT2D eigenvalue weighted by atomic mass is 9.95. The highest BCUT2D eigenvalue weighted by atomic mass is 32.2. The summed E-state index contributed by atoms with van der Waals surface area (Å²) in [6, 6.07) is 18.5. The number of ketones is 1. The first-order chi connectivity index (χ1) is 14.2. The average molecular weight is 422 g/mol. The Morgan fingerprint density at radius 2 is 1.47 bits per heavy atom. The first kappa shape index (κ1) is 21.5. The fraction of sp³-hybridized carbons (Fsp3) is 0.167. The van der Waals surface area contributed by atoms with Crippen molar-refractivity contribution in [3.63, 3.8) is 0 Å². The van der Waals surface area contributed by atoms with E-state index in [1.807, 2.05) is 26.0 Å². The van der Waals surface area contributed by atoms with Crippen molar-refractivity contribution in [1.29, 1.82) is 0 Å². The van der Waals surface area contributed by atoms with Gasteiger partial charge in [-0.25, -0.2) is 8.42 Å². The van der Waals surface area contributed by atoms with Crippen LogP contribution < -0.4 is 5.32 Å². The number of rotatable bonds is 6. The molecule has 0 spiro atoms. The summed E-state index contributed by atoms with van der Waals surface area (Å²) in [5.41, 5.74) is 4.04. The predicted molar refractivity (Wildman–Crippen MR) is 117 cm³/mol. The van der Waals surface area contributed by atoms with Crippen LogP contribution in [0, 0.1) is 13.8 Å². The number of carbonyl (C=O) groups excluding carboxylic acids is 2. The highest BCUT2D eigenvalue weighted by Gasteiger charge is 2.18. The van der Waals surface area contributed by atoms with E-state index in [0.29, 0.717) is 16.7 Å². The Balaban J connectivity index is 1.78. The monoisotopic (exact) mass is 421 g/mol. The van der Waals surface area contributed by atoms with E-state index in [4.69, 9.17) is 0 Å². The summed E-state index contributed by atoms with van der Waals surface area (Å²) >= 11 is 0. The predicted octanol–water partition coefficient (Wildman–Crippen LogP) is 3.87. The molecular weight excluding hydrogens is 398 g/mol. The van der Waals surface area contributed by atoms with Gasteiger partial charge in [-0.3, -0.25) is 9.59 Å². The molecule has 0 heterocycles. The molecule has 3 rings (SSSR count). The molecule has 0 aliphatic heterocycles. The summed E-state index contributed by atoms with van der Waals surface area (Å²) in [7, 11) is -3.27. The second-order valence-corrected chi connectivity index (χ2v) is 9.29. The zero-order chi connectivity index (χ0) is 21.9. The van der Waals surface area contributed by atoms with Crippen LogP contribution in [0.3, 0.4) is 0 Å². The Bertz CT molecular complexity index is 1210. The SMILES string of the molecule is Cc1ccc(C(=O)c2ccccc2C(=O)NCc2ccc(S(C)(=O)=O)cc2)cc1C. The number of carbonyl (C=O) groups is 2. The van der Waals surface area contributed by atoms with Crippen molar-refractivity contribution in [3.8, 4) is 0 Å². The molecule has 5 nitrogen and oxygen atoms in total. The molecule has 1 amide bonds. The molecule has 30 heavy (non-hydrogen) atoms. The van der Waals surface area contributed by atoms with E-state index in [9.17, 15) is 18.0 Å². The summed E-state index contributed by atoms with van der Waals surface area (Å²) in [4.78, 5) is 26.0. The third-order valence-corrected chi connectivity index (χ3v) is 6.12. The number of amides is 1. The second-order valence-electron chi connectivity index (χ2n) is 7.27. The van der Waals surface area contributed by atoms with E-state index in [1.54, 1.807) is 42.5 Å². The molecule has 0 aromatic heterocycles. The number of hydrogen-bond acceptors (Lipinski definition) is 4. The fourth-order valence-electron chi connectivity index (χ4n) is 3.05. The van der Waals surface area contributed by atoms with Crippen molar-refractivity contribution in [1.82, 2.24) is 5.32 Å². The van der Waals surface area contributed by atoms with E-state index in [1.165, 1.54) is 12.1 Å². The Hall–Kier alpha value is -3.25. The van der Waals surface area contributed by atoms with Gasteiger partial charge in [0.15, 0.2) is 15.6 Å². The largest absolute Gasteiger partial charge is 0.348 e. The molecule has 0 bridgehead atoms. The molecule has 0 atom stereocenters. The van der Waals surface area contributed by atoms with Crippen molar-refractivity contribution in [2.75, 3.05) is 6.26 Å². The molecule has 3 aromatic carbocycles. The van der Waals surface area contributed by atoms with E-state index < -0.39 is 9.84 Å². The Morgan fingerprint density at radius 3 is 2.07 bits per heavy atom. The normalized spacial score (nSPS) is 11.2. The van der Waals surface area contributed by atoms with Gasteiger partial charge in [0.2, 0.25) is 0 Å². The van der Waals surface area contributed by atoms with Gasteiger partial charge in [0.05, 0.1) is 10.5 Å². The molecule has 6 heteroatoms. The Kier molecular flexibility index (Phi) is 6.17. The van der Waals surface area contributed by atoms with Gasteiger partial charge in [-0.2, -0.15) is 0 Å². The molecule has 3 aromatic rings. The summed E-state index contributed by atoms with van der Waals surface area (Å²) < 4.78 is 23.1. The van der Waals surface area contributed by atoms with Crippen LogP contribution in [0.5, 0.6) is 0 Å². The van der Waals surface area contributed by atoms with Crippen molar-refractivity contribution in [2.24, 2.45) is 0 Å². The molecule has 0 radical (unpaired) electrons. The van der Waals surface area contributed by atoms with Gasteiger partial charge in [0, 0.05) is 23.9 Å². The number of aryl methyl sites for hydroxylation is 2. The summed E-state index contributed by atoms with van der Waals surface area (Å²) in [6.45, 7) is 4.14. The van der Waals surface area contributed by atoms with Gasteiger partial charge in [0.1, 0.15) is 0 Å². The molecule has 154 valence electrons. The minimum atomic E-state index is -3.27. The molecule has 0 fully saturated rings. The number of benzene rings is 3. The van der Waals surface area contributed by atoms with Gasteiger partial charge in [-0.15, -0.1) is 0 Å². The first-order valence-electron chi connectivity index (χ1n) is 9.45. The van der Waals surface area contributed by atoms with Gasteiger partial charge in [-0.1, -0.05) is 42.5 Å². The second kappa shape index (κ2) is 8.63. The van der Waals surface area contributed by atoms with Gasteiger partial charge >= 0.3 is 0 Å². The highest BCUT2D eigenvalue weighted by Crippen LogP contribution is 2.18. The molecule has 0 aliphatic carbocycles. The van der Waals surface area contributed by atoms with Crippen LogP contribution in [0.15, 0.2) is 71.6 Å². The molecule has 0 unspecified atom stereocenters. The maximum absolute atomic E-state index is 13.0. The zero-order valence-corrected chi connectivity index (χ0v) is 17.9. The van der Waals surface area contributed by atoms with Crippen molar-refractivity contribution in [3.05, 3.63) is 100 Å². The van der Waals surface area contributed by atoms with E-state index in [-0.39, 0.29) is 23.1 Å². The van der Waals surface area contributed by atoms with Gasteiger partial charge in [-0.05, 0) is 54.8 Å². The number of nitrogens with one attached hydrogen (secondary N) is 1. The lowest BCUT2D eigenvalue weighted by molar-refractivity contribution is 0.0939. The van der Waals surface area contributed by atoms with Crippen LogP contribution in [-0.2, 0) is 16.4 Å². The Morgan fingerprint density at radius 1 is 0.833 bits per heavy atom. The topological polar surface area (TPSA) is 80.3 Å². The molecule has 0 saturated heterocycles. The van der Waals surface area contributed by atoms with Crippen molar-refractivity contribution in [2.45, 2.75) is 25.3 Å². The fourth-order valence-corrected chi connectivity index (χ4v) is 3.68. The van der Waals surface area contributed by atoms with Crippen LogP contribution in [0.1, 0.15) is 43.0 Å². The van der Waals surface area contributed by atoms with Gasteiger partial charge in [0.25, 0.3) is 5.91 Å². The third kappa shape index (κ3) is 4.83.